The van der Waals surface area contributed by atoms with Crippen molar-refractivity contribution in [2.24, 2.45) is 0 Å². The molecule has 2 N–H and O–H groups in total. The van der Waals surface area contributed by atoms with E-state index in [1.54, 1.807) is 25.1 Å². The molecular formula is C30H29F3N2O6. The van der Waals surface area contributed by atoms with Crippen LogP contribution in [-0.2, 0) is 17.9 Å². The molecule has 1 heterocycles. The number of carbonyl (C=O) groups is 1. The fourth-order valence-corrected chi connectivity index (χ4v) is 4.70. The van der Waals surface area contributed by atoms with Crippen LogP contribution in [-0.4, -0.2) is 36.5 Å². The smallest absolute Gasteiger partial charge is 0.343 e. The van der Waals surface area contributed by atoms with Gasteiger partial charge in [-0.2, -0.15) is 0 Å². The van der Waals surface area contributed by atoms with Crippen molar-refractivity contribution >= 4 is 22.6 Å². The lowest BCUT2D eigenvalue weighted by Gasteiger charge is -2.21. The van der Waals surface area contributed by atoms with Gasteiger partial charge >= 0.3 is 5.97 Å². The number of aliphatic hydroxyl groups excluding tert-OH is 1. The number of rotatable bonds is 9. The van der Waals surface area contributed by atoms with Crippen LogP contribution in [0.25, 0.3) is 16.6 Å². The quantitative estimate of drug-likeness (QED) is 0.263. The fraction of sp³-hybridized carbons (Fsp3) is 0.267. The van der Waals surface area contributed by atoms with Gasteiger partial charge < -0.3 is 29.2 Å². The first kappa shape index (κ1) is 29.5. The molecule has 0 saturated carbocycles. The lowest BCUT2D eigenvalue weighted by atomic mass is 10.00. The zero-order valence-electron chi connectivity index (χ0n) is 23.2. The zero-order valence-corrected chi connectivity index (χ0v) is 23.2. The number of carbonyl (C=O) groups excluding carboxylic acids is 1. The van der Waals surface area contributed by atoms with E-state index in [2.05, 4.69) is 5.32 Å². The number of benzene rings is 3. The Morgan fingerprint density at radius 2 is 1.71 bits per heavy atom. The number of aryl methyl sites for hydroxylation is 2. The van der Waals surface area contributed by atoms with Crippen LogP contribution in [0.15, 0.2) is 41.3 Å². The summed E-state index contributed by atoms with van der Waals surface area (Å²) in [5.41, 5.74) is -0.945. The molecule has 0 aliphatic heterocycles. The second-order valence-corrected chi connectivity index (χ2v) is 9.21. The molecule has 0 aliphatic rings. The molecule has 0 spiro atoms. The molecule has 216 valence electrons. The Labute approximate surface area is 233 Å². The highest BCUT2D eigenvalue weighted by Crippen LogP contribution is 2.32. The van der Waals surface area contributed by atoms with E-state index in [9.17, 15) is 23.5 Å². The summed E-state index contributed by atoms with van der Waals surface area (Å²) in [6, 6.07) is 7.58. The molecule has 0 saturated heterocycles. The predicted molar refractivity (Wildman–Crippen MR) is 148 cm³/mol. The van der Waals surface area contributed by atoms with Crippen LogP contribution in [0, 0.1) is 31.3 Å². The third kappa shape index (κ3) is 5.32. The standard InChI is InChI=1S/C30H29F3N2O6/c1-6-41-30(38)20-13-35(28-16(3)27(33)26(32)15(2)25(28)29(20)37)23-11-22(21(31)9-18(23)14-36)34-12-17-7-8-19(39-4)10-24(17)40-5/h7-11,13,34,36H,6,12,14H2,1-5H3. The van der Waals surface area contributed by atoms with Crippen LogP contribution >= 0.6 is 0 Å². The van der Waals surface area contributed by atoms with E-state index in [-0.39, 0.29) is 52.1 Å². The number of ether oxygens (including phenoxy) is 3. The predicted octanol–water partition coefficient (Wildman–Crippen LogP) is 5.32. The molecule has 0 radical (unpaired) electrons. The molecule has 0 aliphatic carbocycles. The molecule has 4 aromatic rings. The van der Waals surface area contributed by atoms with Crippen molar-refractivity contribution < 1.29 is 37.3 Å². The number of pyridine rings is 1. The topological polar surface area (TPSA) is 99.0 Å². The first-order valence-corrected chi connectivity index (χ1v) is 12.7. The number of nitrogens with one attached hydrogen (secondary N) is 1. The van der Waals surface area contributed by atoms with E-state index in [1.165, 1.54) is 38.7 Å². The summed E-state index contributed by atoms with van der Waals surface area (Å²) in [5.74, 6) is -3.00. The number of halogens is 3. The van der Waals surface area contributed by atoms with Crippen molar-refractivity contribution in [3.8, 4) is 17.2 Å². The highest BCUT2D eigenvalue weighted by Gasteiger charge is 2.25. The van der Waals surface area contributed by atoms with Crippen molar-refractivity contribution in [1.82, 2.24) is 4.57 Å². The highest BCUT2D eigenvalue weighted by atomic mass is 19.2. The third-order valence-corrected chi connectivity index (χ3v) is 6.85. The van der Waals surface area contributed by atoms with E-state index >= 15 is 4.39 Å². The summed E-state index contributed by atoms with van der Waals surface area (Å²) in [6.07, 6.45) is 1.13. The van der Waals surface area contributed by atoms with Crippen LogP contribution in [0.2, 0.25) is 0 Å². The van der Waals surface area contributed by atoms with Gasteiger partial charge in [0.15, 0.2) is 11.6 Å². The zero-order chi connectivity index (χ0) is 30.0. The van der Waals surface area contributed by atoms with Gasteiger partial charge in [0, 0.05) is 41.1 Å². The number of esters is 1. The molecule has 0 bridgehead atoms. The van der Waals surface area contributed by atoms with Gasteiger partial charge in [0.25, 0.3) is 0 Å². The first-order valence-electron chi connectivity index (χ1n) is 12.7. The normalized spacial score (nSPS) is 11.0. The SMILES string of the molecule is CCOC(=O)c1cn(-c2cc(NCc3ccc(OC)cc3OC)c(F)cc2CO)c2c(C)c(F)c(F)c(C)c2c1=O. The van der Waals surface area contributed by atoms with Gasteiger partial charge in [-0.15, -0.1) is 0 Å². The monoisotopic (exact) mass is 570 g/mol. The van der Waals surface area contributed by atoms with Gasteiger partial charge in [0.1, 0.15) is 22.9 Å². The van der Waals surface area contributed by atoms with E-state index in [4.69, 9.17) is 14.2 Å². The maximum absolute atomic E-state index is 15.2. The Morgan fingerprint density at radius 1 is 1.00 bits per heavy atom. The maximum atomic E-state index is 15.2. The molecule has 0 atom stereocenters. The minimum Gasteiger partial charge on any atom is -0.497 e. The van der Waals surface area contributed by atoms with Gasteiger partial charge in [0.2, 0.25) is 5.43 Å². The Hall–Kier alpha value is -4.51. The average Bonchev–Trinajstić information content (AvgIpc) is 2.97. The second-order valence-electron chi connectivity index (χ2n) is 9.21. The molecule has 1 aromatic heterocycles. The number of nitrogens with zero attached hydrogens (tertiary/aromatic N) is 1. The summed E-state index contributed by atoms with van der Waals surface area (Å²) in [4.78, 5) is 26.1. The number of aromatic nitrogens is 1. The Kier molecular flexibility index (Phi) is 8.57. The number of fused-ring (bicyclic) bond motifs is 1. The molecule has 0 unspecified atom stereocenters. The van der Waals surface area contributed by atoms with Crippen LogP contribution in [0.5, 0.6) is 11.5 Å². The van der Waals surface area contributed by atoms with E-state index in [0.29, 0.717) is 17.1 Å². The van der Waals surface area contributed by atoms with Crippen molar-refractivity contribution in [2.45, 2.75) is 33.9 Å². The van der Waals surface area contributed by atoms with Gasteiger partial charge in [-0.25, -0.2) is 18.0 Å². The van der Waals surface area contributed by atoms with Gasteiger partial charge in [-0.05, 0) is 45.0 Å². The number of hydrogen-bond acceptors (Lipinski definition) is 7. The minimum atomic E-state index is -1.23. The summed E-state index contributed by atoms with van der Waals surface area (Å²) < 4.78 is 61.9. The van der Waals surface area contributed by atoms with Gasteiger partial charge in [0.05, 0.1) is 49.7 Å². The van der Waals surface area contributed by atoms with Crippen molar-refractivity contribution in [2.75, 3.05) is 26.1 Å². The third-order valence-electron chi connectivity index (χ3n) is 6.85. The summed E-state index contributed by atoms with van der Waals surface area (Å²) in [6.45, 7) is 3.53. The largest absolute Gasteiger partial charge is 0.497 e. The molecular weight excluding hydrogens is 541 g/mol. The number of hydrogen-bond donors (Lipinski definition) is 2. The molecule has 8 nitrogen and oxygen atoms in total. The summed E-state index contributed by atoms with van der Waals surface area (Å²) >= 11 is 0. The van der Waals surface area contributed by atoms with Crippen LogP contribution in [0.1, 0.15) is 39.5 Å². The van der Waals surface area contributed by atoms with Gasteiger partial charge in [-0.1, -0.05) is 0 Å². The second kappa shape index (κ2) is 11.9. The first-order chi connectivity index (χ1) is 19.6. The fourth-order valence-electron chi connectivity index (χ4n) is 4.70. The van der Waals surface area contributed by atoms with E-state index in [1.807, 2.05) is 0 Å². The van der Waals surface area contributed by atoms with Crippen LogP contribution in [0.4, 0.5) is 18.9 Å². The lowest BCUT2D eigenvalue weighted by molar-refractivity contribution is 0.0524. The van der Waals surface area contributed by atoms with Gasteiger partial charge in [-0.3, -0.25) is 4.79 Å². The Balaban J connectivity index is 1.96. The number of anilines is 1. The minimum absolute atomic E-state index is 0.00318. The van der Waals surface area contributed by atoms with Crippen LogP contribution in [0.3, 0.4) is 0 Å². The highest BCUT2D eigenvalue weighted by molar-refractivity contribution is 5.96. The van der Waals surface area contributed by atoms with Crippen molar-refractivity contribution in [1.29, 1.82) is 0 Å². The summed E-state index contributed by atoms with van der Waals surface area (Å²) in [5, 5.41) is 12.9. The van der Waals surface area contributed by atoms with Crippen LogP contribution < -0.4 is 20.2 Å². The molecule has 11 heteroatoms. The molecule has 41 heavy (non-hydrogen) atoms. The molecule has 4 rings (SSSR count). The van der Waals surface area contributed by atoms with Crippen molar-refractivity contribution in [3.05, 3.63) is 92.0 Å². The molecule has 0 amide bonds. The maximum Gasteiger partial charge on any atom is 0.343 e. The lowest BCUT2D eigenvalue weighted by Crippen LogP contribution is -2.23. The summed E-state index contributed by atoms with van der Waals surface area (Å²) in [7, 11) is 3.01. The Morgan fingerprint density at radius 3 is 2.34 bits per heavy atom. The molecule has 0 fully saturated rings. The van der Waals surface area contributed by atoms with E-state index < -0.39 is 41.0 Å². The average molecular weight is 571 g/mol. The van der Waals surface area contributed by atoms with Crippen molar-refractivity contribution in [3.63, 3.8) is 0 Å². The number of methoxy groups -OCH3 is 2. The van der Waals surface area contributed by atoms with E-state index in [0.717, 1.165) is 12.3 Å². The molecule has 3 aromatic carbocycles. The Bertz CT molecular complexity index is 1720. The number of aliphatic hydroxyl groups is 1.